The fourth-order valence-corrected chi connectivity index (χ4v) is 5.90. The Bertz CT molecular complexity index is 1370. The molecule has 1 aliphatic heterocycles. The van der Waals surface area contributed by atoms with E-state index in [0.717, 1.165) is 11.3 Å². The number of hydrogen-bond acceptors (Lipinski definition) is 9. The van der Waals surface area contributed by atoms with Gasteiger partial charge in [-0.1, -0.05) is 22.0 Å². The first-order chi connectivity index (χ1) is 19.3. The molecule has 1 N–H and O–H groups in total. The Labute approximate surface area is 242 Å². The number of allylic oxidation sites excluding steroid dienone is 3. The number of carbonyl (C=O) groups excluding carboxylic acids is 2. The third kappa shape index (κ3) is 5.69. The van der Waals surface area contributed by atoms with Gasteiger partial charge in [-0.15, -0.1) is 0 Å². The summed E-state index contributed by atoms with van der Waals surface area (Å²) >= 11 is 3.65. The van der Waals surface area contributed by atoms with Gasteiger partial charge < -0.3 is 33.7 Å². The summed E-state index contributed by atoms with van der Waals surface area (Å²) < 4.78 is 33.2. The van der Waals surface area contributed by atoms with Crippen LogP contribution < -0.4 is 24.3 Å². The smallest absolute Gasteiger partial charge is 0.336 e. The molecule has 0 aromatic heterocycles. The summed E-state index contributed by atoms with van der Waals surface area (Å²) in [5.74, 6) is 0.888. The minimum absolute atomic E-state index is 0.0603. The maximum Gasteiger partial charge on any atom is 0.336 e. The van der Waals surface area contributed by atoms with Crippen molar-refractivity contribution in [1.82, 2.24) is 5.32 Å². The van der Waals surface area contributed by atoms with Crippen LogP contribution in [0.5, 0.6) is 23.0 Å². The number of hydrogen-bond donors (Lipinski definition) is 1. The van der Waals surface area contributed by atoms with Crippen LogP contribution in [-0.4, -0.2) is 60.5 Å². The minimum atomic E-state index is -0.681. The third-order valence-electron chi connectivity index (χ3n) is 7.26. The molecule has 214 valence electrons. The van der Waals surface area contributed by atoms with E-state index in [1.807, 2.05) is 25.1 Å². The number of benzene rings is 2. The van der Waals surface area contributed by atoms with Gasteiger partial charge in [-0.05, 0) is 54.7 Å². The van der Waals surface area contributed by atoms with Gasteiger partial charge >= 0.3 is 5.97 Å². The van der Waals surface area contributed by atoms with Crippen molar-refractivity contribution in [3.05, 3.63) is 68.5 Å². The third-order valence-corrected chi connectivity index (χ3v) is 7.95. The highest BCUT2D eigenvalue weighted by molar-refractivity contribution is 9.10. The average Bonchev–Trinajstić information content (AvgIpc) is 2.95. The number of ether oxygens (including phenoxy) is 6. The molecule has 0 bridgehead atoms. The molecule has 1 aliphatic carbocycles. The molecule has 2 aromatic rings. The fourth-order valence-electron chi connectivity index (χ4n) is 5.35. The number of Topliss-reactive ketones (excluding diaryl/α,β-unsaturated/α-hetero) is 1. The maximum absolute atomic E-state index is 14.0. The normalized spacial score (nSPS) is 18.6. The number of ketones is 1. The lowest BCUT2D eigenvalue weighted by molar-refractivity contribution is -0.140. The zero-order valence-corrected chi connectivity index (χ0v) is 25.1. The van der Waals surface area contributed by atoms with Crippen LogP contribution in [0.25, 0.3) is 0 Å². The number of nitrogens with one attached hydrogen (secondary N) is 1. The monoisotopic (exact) mass is 615 g/mol. The predicted octanol–water partition coefficient (Wildman–Crippen LogP) is 5.03. The Balaban J connectivity index is 1.82. The lowest BCUT2D eigenvalue weighted by Gasteiger charge is -2.37. The first kappa shape index (κ1) is 29.5. The zero-order chi connectivity index (χ0) is 29.0. The van der Waals surface area contributed by atoms with Crippen molar-refractivity contribution in [2.75, 3.05) is 48.8 Å². The lowest BCUT2D eigenvalue weighted by atomic mass is 9.71. The van der Waals surface area contributed by atoms with Gasteiger partial charge in [0, 0.05) is 40.9 Å². The minimum Gasteiger partial charge on any atom is -0.493 e. The van der Waals surface area contributed by atoms with Crippen LogP contribution in [0, 0.1) is 0 Å². The van der Waals surface area contributed by atoms with Gasteiger partial charge in [0.05, 0.1) is 40.6 Å². The molecule has 9 nitrogen and oxygen atoms in total. The summed E-state index contributed by atoms with van der Waals surface area (Å²) in [5, 5.41) is 3.37. The quantitative estimate of drug-likeness (QED) is 0.291. The lowest BCUT2D eigenvalue weighted by Crippen LogP contribution is -2.36. The van der Waals surface area contributed by atoms with Gasteiger partial charge in [0.15, 0.2) is 28.8 Å². The molecule has 1 heterocycles. The number of rotatable bonds is 10. The average molecular weight is 617 g/mol. The van der Waals surface area contributed by atoms with Crippen molar-refractivity contribution in [2.24, 2.45) is 0 Å². The van der Waals surface area contributed by atoms with Crippen molar-refractivity contribution < 1.29 is 38.0 Å². The highest BCUT2D eigenvalue weighted by atomic mass is 79.9. The van der Waals surface area contributed by atoms with E-state index in [0.29, 0.717) is 56.3 Å². The van der Waals surface area contributed by atoms with Crippen LogP contribution in [0.15, 0.2) is 57.3 Å². The molecule has 2 aromatic carbocycles. The Morgan fingerprint density at radius 1 is 0.900 bits per heavy atom. The van der Waals surface area contributed by atoms with Gasteiger partial charge in [-0.3, -0.25) is 4.79 Å². The molecule has 2 atom stereocenters. The molecule has 10 heteroatoms. The molecule has 0 radical (unpaired) electrons. The van der Waals surface area contributed by atoms with Crippen molar-refractivity contribution in [2.45, 2.75) is 31.6 Å². The standard InChI is InChI=1S/C30H34BrNO8/c1-16-27(30(34)40-10-9-35-2)28(19-14-25(38-5)26(39-6)15-20(19)31)29-21(32-16)11-18(12-22(29)33)17-7-8-23(36-3)24(13-17)37-4/h7-8,13-15,18,28,32H,9-12H2,1-6H3/t18-,28+/m0/s1. The van der Waals surface area contributed by atoms with Crippen molar-refractivity contribution in [3.63, 3.8) is 0 Å². The summed E-state index contributed by atoms with van der Waals surface area (Å²) in [6, 6.07) is 9.29. The van der Waals surface area contributed by atoms with E-state index in [1.54, 1.807) is 40.6 Å². The Morgan fingerprint density at radius 3 is 2.20 bits per heavy atom. The van der Waals surface area contributed by atoms with Crippen molar-refractivity contribution in [3.8, 4) is 23.0 Å². The first-order valence-corrected chi connectivity index (χ1v) is 13.6. The summed E-state index contributed by atoms with van der Waals surface area (Å²) in [6.45, 7) is 2.17. The van der Waals surface area contributed by atoms with E-state index in [-0.39, 0.29) is 31.3 Å². The maximum atomic E-state index is 14.0. The van der Waals surface area contributed by atoms with E-state index in [1.165, 1.54) is 7.11 Å². The molecule has 0 spiro atoms. The van der Waals surface area contributed by atoms with E-state index < -0.39 is 11.9 Å². The number of carbonyl (C=O) groups is 2. The summed E-state index contributed by atoms with van der Waals surface area (Å²) in [6.07, 6.45) is 0.837. The van der Waals surface area contributed by atoms with Crippen LogP contribution in [0.1, 0.15) is 42.7 Å². The van der Waals surface area contributed by atoms with Crippen molar-refractivity contribution in [1.29, 1.82) is 0 Å². The van der Waals surface area contributed by atoms with E-state index in [4.69, 9.17) is 28.4 Å². The number of dihydropyridines is 1. The van der Waals surface area contributed by atoms with E-state index in [9.17, 15) is 9.59 Å². The van der Waals surface area contributed by atoms with Gasteiger partial charge in [-0.2, -0.15) is 0 Å². The number of esters is 1. The molecule has 0 saturated carbocycles. The second-order valence-electron chi connectivity index (χ2n) is 9.49. The topological polar surface area (TPSA) is 102 Å². The fraction of sp³-hybridized carbons (Fsp3) is 0.400. The summed E-state index contributed by atoms with van der Waals surface area (Å²) in [5.41, 5.74) is 3.95. The van der Waals surface area contributed by atoms with Crippen LogP contribution in [0.4, 0.5) is 0 Å². The Kier molecular flexibility index (Phi) is 9.42. The second kappa shape index (κ2) is 12.8. The van der Waals surface area contributed by atoms with Crippen LogP contribution >= 0.6 is 15.9 Å². The first-order valence-electron chi connectivity index (χ1n) is 12.8. The van der Waals surface area contributed by atoms with Gasteiger partial charge in [-0.25, -0.2) is 4.79 Å². The Morgan fingerprint density at radius 2 is 1.55 bits per heavy atom. The zero-order valence-electron chi connectivity index (χ0n) is 23.5. The molecular formula is C30H34BrNO8. The molecule has 4 rings (SSSR count). The van der Waals surface area contributed by atoms with Gasteiger partial charge in [0.25, 0.3) is 0 Å². The van der Waals surface area contributed by atoms with Gasteiger partial charge in [0.1, 0.15) is 6.61 Å². The molecule has 0 saturated heterocycles. The summed E-state index contributed by atoms with van der Waals surface area (Å²) in [4.78, 5) is 27.4. The molecule has 0 unspecified atom stereocenters. The van der Waals surface area contributed by atoms with Gasteiger partial charge in [0.2, 0.25) is 0 Å². The highest BCUT2D eigenvalue weighted by Crippen LogP contribution is 2.49. The largest absolute Gasteiger partial charge is 0.493 e. The SMILES string of the molecule is COCCOC(=O)C1=C(C)NC2=C(C(=O)C[C@@H](c3ccc(OC)c(OC)c3)C2)[C@@H]1c1cc(OC)c(OC)cc1Br. The van der Waals surface area contributed by atoms with Crippen LogP contribution in [-0.2, 0) is 19.1 Å². The molecule has 0 amide bonds. The number of methoxy groups -OCH3 is 5. The molecule has 40 heavy (non-hydrogen) atoms. The van der Waals surface area contributed by atoms with E-state index in [2.05, 4.69) is 21.2 Å². The molecule has 0 fully saturated rings. The molecular weight excluding hydrogens is 582 g/mol. The van der Waals surface area contributed by atoms with Crippen LogP contribution in [0.2, 0.25) is 0 Å². The number of halogens is 1. The second-order valence-corrected chi connectivity index (χ2v) is 10.3. The van der Waals surface area contributed by atoms with E-state index >= 15 is 0 Å². The Hall–Kier alpha value is -3.50. The van der Waals surface area contributed by atoms with Crippen LogP contribution in [0.3, 0.4) is 0 Å². The molecule has 2 aliphatic rings. The van der Waals surface area contributed by atoms with Crippen molar-refractivity contribution >= 4 is 27.7 Å². The highest BCUT2D eigenvalue weighted by Gasteiger charge is 2.42. The summed E-state index contributed by atoms with van der Waals surface area (Å²) in [7, 11) is 7.81. The predicted molar refractivity (Wildman–Crippen MR) is 152 cm³/mol.